The molecule has 0 spiro atoms. The molecule has 2 aromatic carbocycles. The number of nitriles is 1. The Morgan fingerprint density at radius 1 is 1.21 bits per heavy atom. The Bertz CT molecular complexity index is 1410. The maximum atomic E-state index is 13.3. The monoisotopic (exact) mass is 534 g/mol. The lowest BCUT2D eigenvalue weighted by Gasteiger charge is -2.38. The summed E-state index contributed by atoms with van der Waals surface area (Å²) in [5.74, 6) is -2.09. The average Bonchev–Trinajstić information content (AvgIpc) is 3.19. The normalized spacial score (nSPS) is 13.6. The number of nitrogens with one attached hydrogen (secondary N) is 1. The van der Waals surface area contributed by atoms with Crippen molar-refractivity contribution in [2.75, 3.05) is 13.2 Å². The quantitative estimate of drug-likeness (QED) is 0.410. The molecule has 0 fully saturated rings. The minimum atomic E-state index is -5.83. The van der Waals surface area contributed by atoms with Crippen molar-refractivity contribution >= 4 is 39.0 Å². The fraction of sp³-hybridized carbons (Fsp3) is 0.211. The van der Waals surface area contributed by atoms with Crippen LogP contribution in [0, 0.1) is 11.3 Å². The van der Waals surface area contributed by atoms with Gasteiger partial charge in [0.15, 0.2) is 0 Å². The van der Waals surface area contributed by atoms with Gasteiger partial charge in [0.05, 0.1) is 23.0 Å². The van der Waals surface area contributed by atoms with Crippen molar-refractivity contribution in [1.82, 2.24) is 4.72 Å². The first-order valence-corrected chi connectivity index (χ1v) is 13.3. The number of quaternary nitrogens is 1. The zero-order chi connectivity index (χ0) is 25.3. The van der Waals surface area contributed by atoms with Gasteiger partial charge in [0, 0.05) is 4.70 Å². The molecular formula is C19H16F3N3O6PS2-. The number of fused-ring (bicyclic) bond motifs is 1. The Morgan fingerprint density at radius 3 is 2.50 bits per heavy atom. The second kappa shape index (κ2) is 9.63. The van der Waals surface area contributed by atoms with Gasteiger partial charge < -0.3 is 24.8 Å². The van der Waals surface area contributed by atoms with Gasteiger partial charge >= 0.3 is 6.18 Å². The number of alkyl halides is 3. The fourth-order valence-corrected chi connectivity index (χ4v) is 6.91. The van der Waals surface area contributed by atoms with Gasteiger partial charge in [-0.2, -0.15) is 23.2 Å². The van der Waals surface area contributed by atoms with E-state index in [2.05, 4.69) is 5.73 Å². The number of nitrogens with zero attached hydrogens (tertiary/aromatic N) is 1. The maximum absolute atomic E-state index is 13.3. The first-order valence-electron chi connectivity index (χ1n) is 9.37. The van der Waals surface area contributed by atoms with E-state index in [1.165, 1.54) is 12.1 Å². The van der Waals surface area contributed by atoms with E-state index in [1.807, 2.05) is 0 Å². The van der Waals surface area contributed by atoms with Crippen LogP contribution >= 0.6 is 18.9 Å². The summed E-state index contributed by atoms with van der Waals surface area (Å²) >= 11 is 0.763. The molecule has 0 amide bonds. The lowest BCUT2D eigenvalue weighted by molar-refractivity contribution is -0.370. The van der Waals surface area contributed by atoms with Crippen molar-refractivity contribution < 1.29 is 46.4 Å². The molecule has 34 heavy (non-hydrogen) atoms. The summed E-state index contributed by atoms with van der Waals surface area (Å²) < 4.78 is 84.7. The molecule has 15 heteroatoms. The van der Waals surface area contributed by atoms with Gasteiger partial charge in [-0.1, -0.05) is 6.07 Å². The Morgan fingerprint density at radius 2 is 1.91 bits per heavy atom. The first kappa shape index (κ1) is 26.1. The van der Waals surface area contributed by atoms with Crippen molar-refractivity contribution in [3.05, 3.63) is 59.2 Å². The minimum Gasteiger partial charge on any atom is -0.809 e. The number of halogens is 3. The summed E-state index contributed by atoms with van der Waals surface area (Å²) in [7, 11) is -10.5. The second-order valence-corrected chi connectivity index (χ2v) is 11.6. The van der Waals surface area contributed by atoms with E-state index in [0.717, 1.165) is 17.4 Å². The molecule has 1 heterocycles. The van der Waals surface area contributed by atoms with Gasteiger partial charge in [-0.25, -0.2) is 8.42 Å². The summed E-state index contributed by atoms with van der Waals surface area (Å²) in [5.41, 5.74) is 0.555. The summed E-state index contributed by atoms with van der Waals surface area (Å²) in [6.07, 6.45) is -5.04. The number of rotatable bonds is 8. The lowest BCUT2D eigenvalue weighted by atomic mass is 10.0. The highest BCUT2D eigenvalue weighted by Gasteiger charge is 2.35. The van der Waals surface area contributed by atoms with E-state index in [9.17, 15) is 35.9 Å². The molecule has 3 aromatic rings. The standard InChI is InChI=1S/C19H17F3N3O6PS2/c20-19(21,22)15-8-11(1-2-12(15)10-24)18(32(26,27)28)25-34(29,30)17-9-13-7-14(31-6-5-23)3-4-16(13)33-17/h1-4,7-9,18,25H,5-6,23H2,(H2,26,27,28)/p-1. The van der Waals surface area contributed by atoms with E-state index in [1.54, 1.807) is 22.9 Å². The van der Waals surface area contributed by atoms with E-state index in [4.69, 9.17) is 10.00 Å². The average molecular weight is 534 g/mol. The van der Waals surface area contributed by atoms with Gasteiger partial charge in [-0.3, -0.25) is 0 Å². The van der Waals surface area contributed by atoms with Crippen LogP contribution < -0.4 is 25.0 Å². The summed E-state index contributed by atoms with van der Waals surface area (Å²) in [4.78, 5) is 23.7. The number of benzene rings is 2. The number of hydrogen-bond donors (Lipinski definition) is 2. The molecular weight excluding hydrogens is 518 g/mol. The van der Waals surface area contributed by atoms with Crippen molar-refractivity contribution in [3.8, 4) is 11.8 Å². The Balaban J connectivity index is 2.02. The van der Waals surface area contributed by atoms with Crippen molar-refractivity contribution in [1.29, 1.82) is 5.26 Å². The molecule has 9 nitrogen and oxygen atoms in total. The number of ether oxygens (including phenoxy) is 1. The molecule has 0 aliphatic carbocycles. The van der Waals surface area contributed by atoms with Crippen molar-refractivity contribution in [3.63, 3.8) is 0 Å². The molecule has 3 rings (SSSR count). The van der Waals surface area contributed by atoms with Gasteiger partial charge in [0.25, 0.3) is 10.0 Å². The van der Waals surface area contributed by atoms with Crippen LogP contribution in [0.2, 0.25) is 0 Å². The molecule has 182 valence electrons. The molecule has 1 aromatic heterocycles. The fourth-order valence-electron chi connectivity index (χ4n) is 2.99. The molecule has 0 aliphatic heterocycles. The minimum absolute atomic E-state index is 0.269. The number of hydrogen-bond acceptors (Lipinski definition) is 8. The Labute approximate surface area is 195 Å². The van der Waals surface area contributed by atoms with Crippen LogP contribution in [0.3, 0.4) is 0 Å². The number of sulfonamides is 1. The third-order valence-electron chi connectivity index (χ3n) is 4.51. The summed E-state index contributed by atoms with van der Waals surface area (Å²) in [5, 5.41) is 9.34. The molecule has 0 bridgehead atoms. The molecule has 0 saturated carbocycles. The number of thiophene rings is 1. The topological polar surface area (TPSA) is 170 Å². The summed E-state index contributed by atoms with van der Waals surface area (Å²) in [6, 6.07) is 8.99. The van der Waals surface area contributed by atoms with Crippen molar-refractivity contribution in [2.24, 2.45) is 0 Å². The molecule has 1 atom stereocenters. The van der Waals surface area contributed by atoms with Crippen LogP contribution in [-0.2, 0) is 20.8 Å². The third-order valence-corrected chi connectivity index (χ3v) is 8.76. The zero-order valence-electron chi connectivity index (χ0n) is 17.0. The zero-order valence-corrected chi connectivity index (χ0v) is 19.6. The lowest BCUT2D eigenvalue weighted by Crippen LogP contribution is -2.52. The largest absolute Gasteiger partial charge is 0.809 e. The molecule has 1 unspecified atom stereocenters. The molecule has 0 aliphatic rings. The van der Waals surface area contributed by atoms with Crippen LogP contribution in [-0.4, -0.2) is 21.6 Å². The van der Waals surface area contributed by atoms with Crippen LogP contribution in [0.4, 0.5) is 13.2 Å². The van der Waals surface area contributed by atoms with Gasteiger partial charge in [-0.05, 0) is 54.9 Å². The van der Waals surface area contributed by atoms with E-state index >= 15 is 0 Å². The smallest absolute Gasteiger partial charge is 0.417 e. The predicted octanol–water partition coefficient (Wildman–Crippen LogP) is 1.30. The van der Waals surface area contributed by atoms with Crippen LogP contribution in [0.1, 0.15) is 22.5 Å². The molecule has 0 radical (unpaired) electrons. The molecule has 4 N–H and O–H groups in total. The highest BCUT2D eigenvalue weighted by molar-refractivity contribution is 7.92. The van der Waals surface area contributed by atoms with Gasteiger partial charge in [0.1, 0.15) is 23.1 Å². The summed E-state index contributed by atoms with van der Waals surface area (Å²) in [6.45, 7) is 0.833. The van der Waals surface area contributed by atoms with Gasteiger partial charge in [-0.15, -0.1) is 11.3 Å². The van der Waals surface area contributed by atoms with E-state index in [-0.39, 0.29) is 10.3 Å². The Kier molecular flexibility index (Phi) is 7.40. The van der Waals surface area contributed by atoms with Crippen LogP contribution in [0.5, 0.6) is 5.75 Å². The van der Waals surface area contributed by atoms with Gasteiger partial charge in [0.2, 0.25) is 0 Å². The van der Waals surface area contributed by atoms with Crippen molar-refractivity contribution in [2.45, 2.75) is 16.2 Å². The Hall–Kier alpha value is -2.50. The highest BCUT2D eigenvalue weighted by atomic mass is 32.2. The predicted molar refractivity (Wildman–Crippen MR) is 112 cm³/mol. The highest BCUT2D eigenvalue weighted by Crippen LogP contribution is 2.45. The van der Waals surface area contributed by atoms with Crippen LogP contribution in [0.25, 0.3) is 10.1 Å². The SMILES string of the molecule is N#Cc1ccc(C(NS(=O)(=O)c2cc3cc(OCC[NH3+])ccc3s2)P(=O)([O-])[O-])cc1C(F)(F)F. The van der Waals surface area contributed by atoms with Crippen LogP contribution in [0.15, 0.2) is 46.7 Å². The van der Waals surface area contributed by atoms with E-state index < -0.39 is 46.3 Å². The third kappa shape index (κ3) is 5.76. The molecule has 0 saturated heterocycles. The second-order valence-electron chi connectivity index (χ2n) is 6.95. The maximum Gasteiger partial charge on any atom is 0.417 e. The van der Waals surface area contributed by atoms with E-state index in [0.29, 0.717) is 35.1 Å². The first-order chi connectivity index (χ1) is 15.8.